The van der Waals surface area contributed by atoms with Gasteiger partial charge < -0.3 is 5.73 Å². The van der Waals surface area contributed by atoms with Crippen LogP contribution in [0.5, 0.6) is 0 Å². The van der Waals surface area contributed by atoms with E-state index in [1.165, 1.54) is 12.1 Å². The number of benzene rings is 2. The van der Waals surface area contributed by atoms with Gasteiger partial charge in [-0.15, -0.1) is 0 Å². The molecule has 106 valence electrons. The maximum absolute atomic E-state index is 12.8. The summed E-state index contributed by atoms with van der Waals surface area (Å²) in [7, 11) is -3.68. The molecular weight excluding hydrogens is 279 g/mol. The Morgan fingerprint density at radius 1 is 1.05 bits per heavy atom. The third-order valence-electron chi connectivity index (χ3n) is 2.84. The van der Waals surface area contributed by atoms with Crippen molar-refractivity contribution >= 4 is 10.0 Å². The third kappa shape index (κ3) is 3.63. The van der Waals surface area contributed by atoms with Gasteiger partial charge in [0.25, 0.3) is 0 Å². The predicted octanol–water partition coefficient (Wildman–Crippen LogP) is 1.80. The van der Waals surface area contributed by atoms with E-state index in [1.807, 2.05) is 30.3 Å². The first-order valence-corrected chi connectivity index (χ1v) is 7.53. The molecule has 0 amide bonds. The molecule has 0 spiro atoms. The first-order chi connectivity index (χ1) is 9.49. The predicted molar refractivity (Wildman–Crippen MR) is 75.0 cm³/mol. The molecule has 0 bridgehead atoms. The second kappa shape index (κ2) is 6.13. The van der Waals surface area contributed by atoms with Crippen LogP contribution in [-0.4, -0.2) is 15.0 Å². The minimum Gasteiger partial charge on any atom is -0.323 e. The van der Waals surface area contributed by atoms with Gasteiger partial charge in [-0.2, -0.15) is 0 Å². The van der Waals surface area contributed by atoms with Crippen molar-refractivity contribution in [2.75, 3.05) is 6.54 Å². The summed E-state index contributed by atoms with van der Waals surface area (Å²) in [6.07, 6.45) is 0. The molecule has 0 fully saturated rings. The van der Waals surface area contributed by atoms with Crippen molar-refractivity contribution in [2.45, 2.75) is 10.9 Å². The Morgan fingerprint density at radius 3 is 2.25 bits per heavy atom. The zero-order valence-electron chi connectivity index (χ0n) is 10.7. The Kier molecular flexibility index (Phi) is 4.49. The Bertz CT molecular complexity index is 657. The van der Waals surface area contributed by atoms with Crippen molar-refractivity contribution in [3.05, 3.63) is 66.0 Å². The van der Waals surface area contributed by atoms with Crippen molar-refractivity contribution < 1.29 is 12.8 Å². The number of nitrogens with two attached hydrogens (primary N) is 1. The number of hydrogen-bond donors (Lipinski definition) is 2. The van der Waals surface area contributed by atoms with E-state index in [4.69, 9.17) is 5.73 Å². The molecule has 0 aliphatic heterocycles. The van der Waals surface area contributed by atoms with Crippen LogP contribution < -0.4 is 10.5 Å². The number of halogens is 1. The van der Waals surface area contributed by atoms with Crippen LogP contribution in [-0.2, 0) is 10.0 Å². The van der Waals surface area contributed by atoms with Crippen molar-refractivity contribution in [3.63, 3.8) is 0 Å². The van der Waals surface area contributed by atoms with Gasteiger partial charge in [-0.1, -0.05) is 30.3 Å². The molecule has 2 aromatic carbocycles. The smallest absolute Gasteiger partial charge is 0.240 e. The Balaban J connectivity index is 2.04. The van der Waals surface area contributed by atoms with Crippen LogP contribution in [0.15, 0.2) is 59.5 Å². The second-order valence-electron chi connectivity index (χ2n) is 4.32. The van der Waals surface area contributed by atoms with Crippen molar-refractivity contribution in [1.82, 2.24) is 4.72 Å². The second-order valence-corrected chi connectivity index (χ2v) is 6.09. The lowest BCUT2D eigenvalue weighted by molar-refractivity contribution is 0.571. The molecule has 0 aromatic heterocycles. The van der Waals surface area contributed by atoms with Crippen LogP contribution in [0.25, 0.3) is 0 Å². The Morgan fingerprint density at radius 2 is 1.65 bits per heavy atom. The molecule has 0 saturated heterocycles. The molecule has 1 atom stereocenters. The van der Waals surface area contributed by atoms with Gasteiger partial charge in [-0.3, -0.25) is 0 Å². The van der Waals surface area contributed by atoms with Gasteiger partial charge in [0.2, 0.25) is 10.0 Å². The number of sulfonamides is 1. The molecule has 1 unspecified atom stereocenters. The van der Waals surface area contributed by atoms with E-state index in [0.717, 1.165) is 17.7 Å². The molecule has 6 heteroatoms. The van der Waals surface area contributed by atoms with Crippen LogP contribution in [0.4, 0.5) is 4.39 Å². The number of hydrogen-bond acceptors (Lipinski definition) is 3. The summed E-state index contributed by atoms with van der Waals surface area (Å²) in [5.41, 5.74) is 6.76. The molecule has 0 aliphatic rings. The van der Waals surface area contributed by atoms with E-state index < -0.39 is 21.9 Å². The zero-order valence-corrected chi connectivity index (χ0v) is 11.5. The highest BCUT2D eigenvalue weighted by Gasteiger charge is 2.15. The van der Waals surface area contributed by atoms with Gasteiger partial charge in [0.1, 0.15) is 5.82 Å². The maximum Gasteiger partial charge on any atom is 0.240 e. The van der Waals surface area contributed by atoms with Crippen LogP contribution in [0.2, 0.25) is 0 Å². The lowest BCUT2D eigenvalue weighted by Gasteiger charge is -2.13. The fraction of sp³-hybridized carbons (Fsp3) is 0.143. The normalized spacial score (nSPS) is 13.1. The van der Waals surface area contributed by atoms with Gasteiger partial charge in [-0.25, -0.2) is 17.5 Å². The Labute approximate surface area is 117 Å². The monoisotopic (exact) mass is 294 g/mol. The average Bonchev–Trinajstić information content (AvgIpc) is 2.46. The summed E-state index contributed by atoms with van der Waals surface area (Å²) in [6, 6.07) is 13.4. The van der Waals surface area contributed by atoms with Crippen LogP contribution in [0.1, 0.15) is 11.6 Å². The van der Waals surface area contributed by atoms with E-state index in [0.29, 0.717) is 0 Å². The summed E-state index contributed by atoms with van der Waals surface area (Å²) < 4.78 is 39.2. The molecule has 0 saturated carbocycles. The van der Waals surface area contributed by atoms with Crippen molar-refractivity contribution in [2.24, 2.45) is 5.73 Å². The molecule has 2 aromatic rings. The van der Waals surface area contributed by atoms with Crippen LogP contribution in [0.3, 0.4) is 0 Å². The van der Waals surface area contributed by atoms with Crippen molar-refractivity contribution in [1.29, 1.82) is 0 Å². The fourth-order valence-corrected chi connectivity index (χ4v) is 2.77. The molecule has 0 aliphatic carbocycles. The minimum atomic E-state index is -3.68. The van der Waals surface area contributed by atoms with Crippen molar-refractivity contribution in [3.8, 4) is 0 Å². The largest absolute Gasteiger partial charge is 0.323 e. The molecule has 20 heavy (non-hydrogen) atoms. The molecule has 2 rings (SSSR count). The van der Waals surface area contributed by atoms with Gasteiger partial charge in [0.05, 0.1) is 4.90 Å². The van der Waals surface area contributed by atoms with E-state index >= 15 is 0 Å². The molecular formula is C14H15FN2O2S. The number of nitrogens with one attached hydrogen (secondary N) is 1. The van der Waals surface area contributed by atoms with E-state index in [2.05, 4.69) is 4.72 Å². The topological polar surface area (TPSA) is 72.2 Å². The summed E-state index contributed by atoms with van der Waals surface area (Å²) in [6.45, 7) is 0.0731. The van der Waals surface area contributed by atoms with Gasteiger partial charge in [0.15, 0.2) is 0 Å². The quantitative estimate of drug-likeness (QED) is 0.883. The van der Waals surface area contributed by atoms with Crippen LogP contribution >= 0.6 is 0 Å². The van der Waals surface area contributed by atoms with Gasteiger partial charge in [-0.05, 0) is 29.8 Å². The van der Waals surface area contributed by atoms with Crippen LogP contribution in [0, 0.1) is 5.82 Å². The fourth-order valence-electron chi connectivity index (χ4n) is 1.71. The van der Waals surface area contributed by atoms with Gasteiger partial charge in [0, 0.05) is 12.6 Å². The summed E-state index contributed by atoms with van der Waals surface area (Å²) in [4.78, 5) is 0.0131. The SMILES string of the molecule is NC(CNS(=O)(=O)c1ccc(F)cc1)c1ccccc1. The maximum atomic E-state index is 12.8. The third-order valence-corrected chi connectivity index (χ3v) is 4.28. The minimum absolute atomic E-state index is 0.0131. The standard InChI is InChI=1S/C14H15FN2O2S/c15-12-6-8-13(9-7-12)20(18,19)17-10-14(16)11-4-2-1-3-5-11/h1-9,14,17H,10,16H2. The van der Waals surface area contributed by atoms with Gasteiger partial charge >= 0.3 is 0 Å². The molecule has 0 radical (unpaired) electrons. The number of rotatable bonds is 5. The lowest BCUT2D eigenvalue weighted by atomic mass is 10.1. The highest BCUT2D eigenvalue weighted by molar-refractivity contribution is 7.89. The zero-order chi connectivity index (χ0) is 14.6. The lowest BCUT2D eigenvalue weighted by Crippen LogP contribution is -2.31. The highest BCUT2D eigenvalue weighted by Crippen LogP contribution is 2.12. The highest BCUT2D eigenvalue weighted by atomic mass is 32.2. The molecule has 4 nitrogen and oxygen atoms in total. The first-order valence-electron chi connectivity index (χ1n) is 6.05. The average molecular weight is 294 g/mol. The molecule has 3 N–H and O–H groups in total. The summed E-state index contributed by atoms with van der Waals surface area (Å²) in [5.74, 6) is -0.482. The first kappa shape index (κ1) is 14.6. The van der Waals surface area contributed by atoms with E-state index in [1.54, 1.807) is 0 Å². The van der Waals surface area contributed by atoms with E-state index in [9.17, 15) is 12.8 Å². The summed E-state index contributed by atoms with van der Waals surface area (Å²) >= 11 is 0. The molecule has 0 heterocycles. The summed E-state index contributed by atoms with van der Waals surface area (Å²) in [5, 5.41) is 0. The Hall–Kier alpha value is -1.76. The van der Waals surface area contributed by atoms with E-state index in [-0.39, 0.29) is 11.4 Å².